The van der Waals surface area contributed by atoms with Crippen LogP contribution in [-0.2, 0) is 16.2 Å². The molecule has 0 atom stereocenters. The zero-order chi connectivity index (χ0) is 18.7. The number of amides is 4. The van der Waals surface area contributed by atoms with Crippen molar-refractivity contribution in [3.8, 4) is 5.75 Å². The van der Waals surface area contributed by atoms with Gasteiger partial charge in [0.1, 0.15) is 17.9 Å². The molecule has 2 N–H and O–H groups in total. The maximum absolute atomic E-state index is 12.0. The molecule has 8 heteroatoms. The second kappa shape index (κ2) is 7.84. The Bertz CT molecular complexity index is 904. The van der Waals surface area contributed by atoms with Crippen LogP contribution < -0.4 is 15.4 Å². The van der Waals surface area contributed by atoms with Crippen LogP contribution in [0.5, 0.6) is 5.75 Å². The quantitative estimate of drug-likeness (QED) is 0.518. The van der Waals surface area contributed by atoms with Crippen LogP contribution in [-0.4, -0.2) is 17.8 Å². The number of nitrogens with one attached hydrogen (secondary N) is 2. The normalized spacial score (nSPS) is 13.9. The molecule has 1 heterocycles. The number of rotatable bonds is 4. The fourth-order valence-electron chi connectivity index (χ4n) is 2.33. The predicted molar refractivity (Wildman–Crippen MR) is 102 cm³/mol. The lowest BCUT2D eigenvalue weighted by Crippen LogP contribution is -2.51. The molecule has 1 saturated heterocycles. The molecule has 132 valence electrons. The fraction of sp³-hybridized carbons (Fsp3) is 0.0556. The number of imide groups is 2. The molecule has 0 radical (unpaired) electrons. The van der Waals surface area contributed by atoms with Gasteiger partial charge in [0.05, 0.1) is 4.47 Å². The predicted octanol–water partition coefficient (Wildman–Crippen LogP) is 3.54. The highest BCUT2D eigenvalue weighted by molar-refractivity contribution is 9.11. The maximum atomic E-state index is 12.0. The van der Waals surface area contributed by atoms with E-state index in [1.807, 2.05) is 41.0 Å². The van der Waals surface area contributed by atoms with Gasteiger partial charge in [-0.05, 0) is 39.7 Å². The minimum atomic E-state index is -0.840. The Morgan fingerprint density at radius 3 is 2.27 bits per heavy atom. The third-order valence-electron chi connectivity index (χ3n) is 3.51. The summed E-state index contributed by atoms with van der Waals surface area (Å²) in [7, 11) is 0. The summed E-state index contributed by atoms with van der Waals surface area (Å²) in [5.41, 5.74) is 1.30. The summed E-state index contributed by atoms with van der Waals surface area (Å²) in [5.74, 6) is -1.05. The Kier molecular flexibility index (Phi) is 5.53. The summed E-state index contributed by atoms with van der Waals surface area (Å²) in [4.78, 5) is 35.1. The molecule has 1 aliphatic heterocycles. The Morgan fingerprint density at radius 2 is 1.62 bits per heavy atom. The summed E-state index contributed by atoms with van der Waals surface area (Å²) < 4.78 is 7.29. The summed E-state index contributed by atoms with van der Waals surface area (Å²) >= 11 is 6.81. The molecule has 2 aromatic rings. The van der Waals surface area contributed by atoms with Crippen molar-refractivity contribution in [2.75, 3.05) is 0 Å². The van der Waals surface area contributed by atoms with Crippen LogP contribution in [0.15, 0.2) is 57.0 Å². The van der Waals surface area contributed by atoms with Crippen molar-refractivity contribution in [1.29, 1.82) is 0 Å². The van der Waals surface area contributed by atoms with Gasteiger partial charge in [0.15, 0.2) is 0 Å². The highest BCUT2D eigenvalue weighted by atomic mass is 79.9. The van der Waals surface area contributed by atoms with Crippen LogP contribution >= 0.6 is 31.9 Å². The van der Waals surface area contributed by atoms with E-state index in [1.165, 1.54) is 6.08 Å². The number of carbonyl (C=O) groups excluding carboxylic acids is 3. The van der Waals surface area contributed by atoms with Crippen LogP contribution in [0.3, 0.4) is 0 Å². The van der Waals surface area contributed by atoms with Gasteiger partial charge in [0, 0.05) is 10.0 Å². The maximum Gasteiger partial charge on any atom is 0.328 e. The van der Waals surface area contributed by atoms with Gasteiger partial charge in [0.2, 0.25) is 0 Å². The third-order valence-corrected chi connectivity index (χ3v) is 4.55. The van der Waals surface area contributed by atoms with Gasteiger partial charge in [-0.3, -0.25) is 20.2 Å². The Morgan fingerprint density at radius 1 is 0.962 bits per heavy atom. The minimum absolute atomic E-state index is 0.181. The number of hydrogen-bond donors (Lipinski definition) is 2. The van der Waals surface area contributed by atoms with Gasteiger partial charge in [-0.15, -0.1) is 0 Å². The highest BCUT2D eigenvalue weighted by Gasteiger charge is 2.28. The molecule has 2 aromatic carbocycles. The first-order chi connectivity index (χ1) is 12.4. The van der Waals surface area contributed by atoms with Crippen LogP contribution in [0, 0.1) is 0 Å². The fourth-order valence-corrected chi connectivity index (χ4v) is 3.70. The van der Waals surface area contributed by atoms with Crippen molar-refractivity contribution < 1.29 is 19.1 Å². The van der Waals surface area contributed by atoms with Crippen LogP contribution in [0.25, 0.3) is 6.08 Å². The van der Waals surface area contributed by atoms with Gasteiger partial charge in [-0.25, -0.2) is 4.79 Å². The number of benzene rings is 2. The molecule has 4 amide bonds. The molecular weight excluding hydrogens is 468 g/mol. The van der Waals surface area contributed by atoms with E-state index in [9.17, 15) is 14.4 Å². The lowest BCUT2D eigenvalue weighted by molar-refractivity contribution is -0.123. The lowest BCUT2D eigenvalue weighted by Gasteiger charge is -2.16. The van der Waals surface area contributed by atoms with E-state index in [0.717, 1.165) is 10.0 Å². The van der Waals surface area contributed by atoms with Crippen LogP contribution in [0.2, 0.25) is 0 Å². The molecular formula is C18H12Br2N2O4. The standard InChI is InChI=1S/C18H12Br2N2O4/c19-12-6-11(7-13-16(23)21-18(25)22-17(13)24)15(14(20)8-12)26-9-10-4-2-1-3-5-10/h1-8H,9H2,(H2,21,22,23,24,25). The van der Waals surface area contributed by atoms with Gasteiger partial charge in [-0.2, -0.15) is 0 Å². The number of carbonyl (C=O) groups is 3. The molecule has 3 rings (SSSR count). The summed E-state index contributed by atoms with van der Waals surface area (Å²) in [5, 5.41) is 4.09. The molecule has 0 unspecified atom stereocenters. The first-order valence-corrected chi connectivity index (χ1v) is 9.07. The molecule has 0 bridgehead atoms. The molecule has 6 nitrogen and oxygen atoms in total. The van der Waals surface area contributed by atoms with Crippen molar-refractivity contribution in [1.82, 2.24) is 10.6 Å². The van der Waals surface area contributed by atoms with E-state index in [2.05, 4.69) is 31.9 Å². The number of ether oxygens (including phenoxy) is 1. The van der Waals surface area contributed by atoms with Crippen LogP contribution in [0.1, 0.15) is 11.1 Å². The molecule has 26 heavy (non-hydrogen) atoms. The van der Waals surface area contributed by atoms with E-state index in [-0.39, 0.29) is 5.57 Å². The topological polar surface area (TPSA) is 84.5 Å². The lowest BCUT2D eigenvalue weighted by atomic mass is 10.1. The zero-order valence-electron chi connectivity index (χ0n) is 13.2. The SMILES string of the molecule is O=C1NC(=O)C(=Cc2cc(Br)cc(Br)c2OCc2ccccc2)C(=O)N1. The molecule has 0 aromatic heterocycles. The van der Waals surface area contributed by atoms with E-state index in [4.69, 9.17) is 4.74 Å². The first kappa shape index (κ1) is 18.3. The Hall–Kier alpha value is -2.45. The van der Waals surface area contributed by atoms with E-state index in [0.29, 0.717) is 22.4 Å². The zero-order valence-corrected chi connectivity index (χ0v) is 16.4. The molecule has 0 saturated carbocycles. The summed E-state index contributed by atoms with van der Waals surface area (Å²) in [6.45, 7) is 0.314. The Labute approximate surface area is 165 Å². The Balaban J connectivity index is 1.96. The number of barbiturate groups is 1. The molecule has 1 fully saturated rings. The van der Waals surface area contributed by atoms with Crippen molar-refractivity contribution in [2.45, 2.75) is 6.61 Å². The molecule has 0 spiro atoms. The average molecular weight is 480 g/mol. The van der Waals surface area contributed by atoms with Crippen molar-refractivity contribution in [3.05, 3.63) is 68.1 Å². The highest BCUT2D eigenvalue weighted by Crippen LogP contribution is 2.35. The monoisotopic (exact) mass is 478 g/mol. The summed E-state index contributed by atoms with van der Waals surface area (Å²) in [6.07, 6.45) is 1.38. The number of hydrogen-bond acceptors (Lipinski definition) is 4. The van der Waals surface area contributed by atoms with Gasteiger partial charge < -0.3 is 4.74 Å². The third kappa shape index (κ3) is 4.20. The largest absolute Gasteiger partial charge is 0.487 e. The number of urea groups is 1. The van der Waals surface area contributed by atoms with Crippen molar-refractivity contribution in [3.63, 3.8) is 0 Å². The van der Waals surface area contributed by atoms with Crippen molar-refractivity contribution in [2.24, 2.45) is 0 Å². The van der Waals surface area contributed by atoms with Crippen LogP contribution in [0.4, 0.5) is 4.79 Å². The minimum Gasteiger partial charge on any atom is -0.487 e. The van der Waals surface area contributed by atoms with E-state index >= 15 is 0 Å². The second-order valence-electron chi connectivity index (χ2n) is 5.38. The van der Waals surface area contributed by atoms with Crippen molar-refractivity contribution >= 4 is 55.8 Å². The van der Waals surface area contributed by atoms with E-state index in [1.54, 1.807) is 12.1 Å². The number of halogens is 2. The van der Waals surface area contributed by atoms with Gasteiger partial charge in [-0.1, -0.05) is 46.3 Å². The average Bonchev–Trinajstić information content (AvgIpc) is 2.58. The molecule has 1 aliphatic rings. The summed E-state index contributed by atoms with van der Waals surface area (Å²) in [6, 6.07) is 12.3. The second-order valence-corrected chi connectivity index (χ2v) is 7.15. The molecule has 0 aliphatic carbocycles. The van der Waals surface area contributed by atoms with Gasteiger partial charge >= 0.3 is 6.03 Å². The van der Waals surface area contributed by atoms with E-state index < -0.39 is 17.8 Å². The smallest absolute Gasteiger partial charge is 0.328 e. The first-order valence-electron chi connectivity index (χ1n) is 7.48. The van der Waals surface area contributed by atoms with Gasteiger partial charge in [0.25, 0.3) is 11.8 Å².